The molecule has 2 N–H and O–H groups in total. The Balaban J connectivity index is 2.65. The molecule has 0 aromatic heterocycles. The number of benzene rings is 1. The van der Waals surface area contributed by atoms with Gasteiger partial charge in [-0.3, -0.25) is 0 Å². The first kappa shape index (κ1) is 12.8. The Bertz CT molecular complexity index is 321. The van der Waals surface area contributed by atoms with E-state index in [1.54, 1.807) is 0 Å². The Morgan fingerprint density at radius 3 is 2.25 bits per heavy atom. The molecular weight excluding hydrogens is 219 g/mol. The third kappa shape index (κ3) is 3.73. The summed E-state index contributed by atoms with van der Waals surface area (Å²) in [6, 6.07) is 4.64. The van der Waals surface area contributed by atoms with E-state index in [2.05, 4.69) is 0 Å². The summed E-state index contributed by atoms with van der Waals surface area (Å²) in [6.07, 6.45) is -3.73. The highest BCUT2D eigenvalue weighted by Crippen LogP contribution is 2.30. The molecule has 0 aliphatic heterocycles. The van der Waals surface area contributed by atoms with E-state index in [0.717, 1.165) is 12.1 Å². The van der Waals surface area contributed by atoms with Gasteiger partial charge in [-0.1, -0.05) is 0 Å². The van der Waals surface area contributed by atoms with Gasteiger partial charge >= 0.3 is 6.18 Å². The van der Waals surface area contributed by atoms with Gasteiger partial charge in [0.2, 0.25) is 0 Å². The highest BCUT2D eigenvalue weighted by Gasteiger charge is 2.30. The molecule has 1 unspecified atom stereocenters. The van der Waals surface area contributed by atoms with Crippen LogP contribution in [0.5, 0.6) is 5.75 Å². The van der Waals surface area contributed by atoms with Crippen LogP contribution in [0.1, 0.15) is 18.9 Å². The first-order valence-corrected chi connectivity index (χ1v) is 4.97. The molecule has 1 rings (SSSR count). The molecular formula is C11H14F3NO. The molecule has 0 saturated heterocycles. The van der Waals surface area contributed by atoms with Crippen LogP contribution in [-0.2, 0) is 6.18 Å². The molecule has 2 nitrogen and oxygen atoms in total. The van der Waals surface area contributed by atoms with E-state index >= 15 is 0 Å². The average Bonchev–Trinajstić information content (AvgIpc) is 2.17. The zero-order chi connectivity index (χ0) is 12.2. The largest absolute Gasteiger partial charge is 0.491 e. The number of rotatable bonds is 4. The zero-order valence-electron chi connectivity index (χ0n) is 8.92. The minimum atomic E-state index is -4.30. The number of nitrogens with two attached hydrogens (primary N) is 1. The van der Waals surface area contributed by atoms with Crippen molar-refractivity contribution < 1.29 is 17.9 Å². The normalized spacial score (nSPS) is 13.6. The summed E-state index contributed by atoms with van der Waals surface area (Å²) in [4.78, 5) is 0. The van der Waals surface area contributed by atoms with Gasteiger partial charge < -0.3 is 10.5 Å². The number of ether oxygens (including phenoxy) is 1. The molecule has 16 heavy (non-hydrogen) atoms. The van der Waals surface area contributed by atoms with Gasteiger partial charge in [-0.05, 0) is 44.2 Å². The van der Waals surface area contributed by atoms with E-state index in [4.69, 9.17) is 10.5 Å². The van der Waals surface area contributed by atoms with E-state index in [1.165, 1.54) is 12.1 Å². The van der Waals surface area contributed by atoms with E-state index in [9.17, 15) is 13.2 Å². The van der Waals surface area contributed by atoms with Crippen LogP contribution in [-0.4, -0.2) is 12.6 Å². The standard InChI is InChI=1S/C11H14F3NO/c1-8(6-7-15)16-10-4-2-9(3-5-10)11(12,13)14/h2-5,8H,6-7,15H2,1H3. The molecule has 1 aromatic rings. The third-order valence-electron chi connectivity index (χ3n) is 2.09. The van der Waals surface area contributed by atoms with E-state index < -0.39 is 11.7 Å². The second-order valence-electron chi connectivity index (χ2n) is 3.53. The van der Waals surface area contributed by atoms with Gasteiger partial charge in [0, 0.05) is 0 Å². The van der Waals surface area contributed by atoms with Crippen molar-refractivity contribution in [2.24, 2.45) is 5.73 Å². The van der Waals surface area contributed by atoms with Gasteiger partial charge in [0.15, 0.2) is 0 Å². The van der Waals surface area contributed by atoms with Gasteiger partial charge in [0.1, 0.15) is 5.75 Å². The Kier molecular flexibility index (Phi) is 4.18. The Morgan fingerprint density at radius 2 is 1.81 bits per heavy atom. The highest BCUT2D eigenvalue weighted by atomic mass is 19.4. The van der Waals surface area contributed by atoms with Crippen LogP contribution < -0.4 is 10.5 Å². The molecule has 1 aromatic carbocycles. The molecule has 0 aliphatic carbocycles. The number of hydrogen-bond donors (Lipinski definition) is 1. The quantitative estimate of drug-likeness (QED) is 0.867. The minimum Gasteiger partial charge on any atom is -0.491 e. The number of hydrogen-bond acceptors (Lipinski definition) is 2. The predicted molar refractivity (Wildman–Crippen MR) is 55.2 cm³/mol. The number of alkyl halides is 3. The van der Waals surface area contributed by atoms with Crippen LogP contribution in [0, 0.1) is 0 Å². The topological polar surface area (TPSA) is 35.2 Å². The summed E-state index contributed by atoms with van der Waals surface area (Å²) in [5, 5.41) is 0. The second-order valence-corrected chi connectivity index (χ2v) is 3.53. The van der Waals surface area contributed by atoms with Gasteiger partial charge in [0.25, 0.3) is 0 Å². The van der Waals surface area contributed by atoms with Crippen molar-refractivity contribution in [1.82, 2.24) is 0 Å². The number of halogens is 3. The van der Waals surface area contributed by atoms with Crippen molar-refractivity contribution in [3.63, 3.8) is 0 Å². The van der Waals surface area contributed by atoms with Crippen LogP contribution in [0.15, 0.2) is 24.3 Å². The lowest BCUT2D eigenvalue weighted by Crippen LogP contribution is -2.16. The molecule has 90 valence electrons. The lowest BCUT2D eigenvalue weighted by atomic mass is 10.2. The van der Waals surface area contributed by atoms with Gasteiger partial charge in [-0.25, -0.2) is 0 Å². The Hall–Kier alpha value is -1.23. The molecule has 0 aliphatic rings. The fraction of sp³-hybridized carbons (Fsp3) is 0.455. The van der Waals surface area contributed by atoms with E-state index in [-0.39, 0.29) is 6.10 Å². The molecule has 0 saturated carbocycles. The Morgan fingerprint density at radius 1 is 1.25 bits per heavy atom. The van der Waals surface area contributed by atoms with E-state index in [1.807, 2.05) is 6.92 Å². The van der Waals surface area contributed by atoms with Crippen molar-refractivity contribution in [2.75, 3.05) is 6.54 Å². The lowest BCUT2D eigenvalue weighted by molar-refractivity contribution is -0.137. The fourth-order valence-corrected chi connectivity index (χ4v) is 1.25. The van der Waals surface area contributed by atoms with Crippen LogP contribution in [0.25, 0.3) is 0 Å². The van der Waals surface area contributed by atoms with Crippen LogP contribution in [0.3, 0.4) is 0 Å². The summed E-state index contributed by atoms with van der Waals surface area (Å²) < 4.78 is 42.1. The maximum Gasteiger partial charge on any atom is 0.416 e. The van der Waals surface area contributed by atoms with Crippen molar-refractivity contribution in [2.45, 2.75) is 25.6 Å². The first-order valence-electron chi connectivity index (χ1n) is 4.97. The van der Waals surface area contributed by atoms with Crippen molar-refractivity contribution >= 4 is 0 Å². The molecule has 0 spiro atoms. The molecule has 0 radical (unpaired) electrons. The van der Waals surface area contributed by atoms with Gasteiger partial charge in [0.05, 0.1) is 11.7 Å². The maximum absolute atomic E-state index is 12.2. The van der Waals surface area contributed by atoms with Crippen LogP contribution in [0.2, 0.25) is 0 Å². The average molecular weight is 233 g/mol. The van der Waals surface area contributed by atoms with Crippen molar-refractivity contribution in [3.8, 4) is 5.75 Å². The zero-order valence-corrected chi connectivity index (χ0v) is 8.92. The summed E-state index contributed by atoms with van der Waals surface area (Å²) in [6.45, 7) is 2.31. The first-order chi connectivity index (χ1) is 7.43. The summed E-state index contributed by atoms with van der Waals surface area (Å²) in [5.41, 5.74) is 4.66. The molecule has 0 heterocycles. The van der Waals surface area contributed by atoms with Gasteiger partial charge in [-0.15, -0.1) is 0 Å². The summed E-state index contributed by atoms with van der Waals surface area (Å²) in [7, 11) is 0. The second kappa shape index (κ2) is 5.21. The van der Waals surface area contributed by atoms with Crippen molar-refractivity contribution in [3.05, 3.63) is 29.8 Å². The lowest BCUT2D eigenvalue weighted by Gasteiger charge is -2.14. The third-order valence-corrected chi connectivity index (χ3v) is 2.09. The summed E-state index contributed by atoms with van der Waals surface area (Å²) >= 11 is 0. The maximum atomic E-state index is 12.2. The fourth-order valence-electron chi connectivity index (χ4n) is 1.25. The highest BCUT2D eigenvalue weighted by molar-refractivity contribution is 5.28. The Labute approximate surface area is 92.2 Å². The van der Waals surface area contributed by atoms with Crippen molar-refractivity contribution in [1.29, 1.82) is 0 Å². The smallest absolute Gasteiger partial charge is 0.416 e. The molecule has 0 bridgehead atoms. The summed E-state index contributed by atoms with van der Waals surface area (Å²) in [5.74, 6) is 0.425. The predicted octanol–water partition coefficient (Wildman–Crippen LogP) is 2.82. The SMILES string of the molecule is CC(CCN)Oc1ccc(C(F)(F)F)cc1. The minimum absolute atomic E-state index is 0.0956. The molecule has 1 atom stereocenters. The van der Waals surface area contributed by atoms with Crippen LogP contribution in [0.4, 0.5) is 13.2 Å². The van der Waals surface area contributed by atoms with E-state index in [0.29, 0.717) is 18.7 Å². The molecule has 0 amide bonds. The molecule has 0 fully saturated rings. The molecule has 5 heteroatoms. The van der Waals surface area contributed by atoms with Gasteiger partial charge in [-0.2, -0.15) is 13.2 Å². The van der Waals surface area contributed by atoms with Crippen LogP contribution >= 0.6 is 0 Å². The monoisotopic (exact) mass is 233 g/mol.